The average molecular weight is 338 g/mol. The summed E-state index contributed by atoms with van der Waals surface area (Å²) in [5.41, 5.74) is 5.40. The number of hydrogen-bond acceptors (Lipinski definition) is 5. The second-order valence-electron chi connectivity index (χ2n) is 7.32. The summed E-state index contributed by atoms with van der Waals surface area (Å²) in [4.78, 5) is 28.8. The molecule has 7 nitrogen and oxygen atoms in total. The van der Waals surface area contributed by atoms with Crippen molar-refractivity contribution in [3.8, 4) is 0 Å². The Labute approximate surface area is 143 Å². The van der Waals surface area contributed by atoms with Crippen LogP contribution < -0.4 is 11.1 Å². The number of carbonyl (C=O) groups excluding carboxylic acids is 2. The number of rotatable bonds is 5. The second-order valence-corrected chi connectivity index (χ2v) is 7.32. The molecule has 0 aromatic carbocycles. The van der Waals surface area contributed by atoms with Crippen molar-refractivity contribution >= 4 is 11.8 Å². The van der Waals surface area contributed by atoms with Gasteiger partial charge in [0, 0.05) is 58.4 Å². The van der Waals surface area contributed by atoms with Crippen LogP contribution in [0.25, 0.3) is 0 Å². The molecule has 2 amide bonds. The van der Waals surface area contributed by atoms with Gasteiger partial charge in [-0.15, -0.1) is 0 Å². The number of carbonyl (C=O) groups is 2. The van der Waals surface area contributed by atoms with Crippen LogP contribution >= 0.6 is 0 Å². The van der Waals surface area contributed by atoms with Crippen LogP contribution in [0.2, 0.25) is 0 Å². The molecular weight excluding hydrogens is 308 g/mol. The summed E-state index contributed by atoms with van der Waals surface area (Å²) in [5.74, 6) is 0.569. The van der Waals surface area contributed by atoms with Crippen LogP contribution in [0.3, 0.4) is 0 Å². The van der Waals surface area contributed by atoms with E-state index in [1.54, 1.807) is 0 Å². The van der Waals surface area contributed by atoms with Crippen molar-refractivity contribution in [2.24, 2.45) is 11.7 Å². The van der Waals surface area contributed by atoms with Crippen molar-refractivity contribution in [3.05, 3.63) is 0 Å². The number of hydrogen-bond donors (Lipinski definition) is 2. The molecule has 3 aliphatic rings. The summed E-state index contributed by atoms with van der Waals surface area (Å²) in [6.45, 7) is 5.91. The lowest BCUT2D eigenvalue weighted by molar-refractivity contribution is -0.139. The molecule has 3 rings (SSSR count). The van der Waals surface area contributed by atoms with E-state index < -0.39 is 5.54 Å². The molecule has 1 aliphatic carbocycles. The Morgan fingerprint density at radius 2 is 1.79 bits per heavy atom. The minimum Gasteiger partial charge on any atom is -0.381 e. The van der Waals surface area contributed by atoms with Gasteiger partial charge in [0.25, 0.3) is 0 Å². The topological polar surface area (TPSA) is 87.9 Å². The normalized spacial score (nSPS) is 25.1. The number of piperazine rings is 1. The van der Waals surface area contributed by atoms with Crippen LogP contribution in [0.5, 0.6) is 0 Å². The molecule has 0 spiro atoms. The van der Waals surface area contributed by atoms with E-state index in [9.17, 15) is 9.59 Å². The highest BCUT2D eigenvalue weighted by Crippen LogP contribution is 2.28. The van der Waals surface area contributed by atoms with E-state index >= 15 is 0 Å². The van der Waals surface area contributed by atoms with Crippen LogP contribution in [0.15, 0.2) is 0 Å². The maximum Gasteiger partial charge on any atom is 0.240 e. The maximum atomic E-state index is 12.3. The Bertz CT molecular complexity index is 453. The Hall–Kier alpha value is -1.18. The molecule has 2 heterocycles. The minimum atomic E-state index is -0.772. The molecule has 2 saturated heterocycles. The van der Waals surface area contributed by atoms with Crippen molar-refractivity contribution < 1.29 is 14.3 Å². The van der Waals surface area contributed by atoms with Gasteiger partial charge in [0.1, 0.15) is 0 Å². The fourth-order valence-corrected chi connectivity index (χ4v) is 3.57. The molecule has 136 valence electrons. The first-order valence-corrected chi connectivity index (χ1v) is 9.24. The van der Waals surface area contributed by atoms with Crippen LogP contribution in [-0.2, 0) is 14.3 Å². The van der Waals surface area contributed by atoms with Crippen molar-refractivity contribution in [2.45, 2.75) is 37.6 Å². The molecule has 0 aromatic heterocycles. The summed E-state index contributed by atoms with van der Waals surface area (Å²) in [6, 6.07) is 0. The van der Waals surface area contributed by atoms with E-state index in [0.717, 1.165) is 45.6 Å². The monoisotopic (exact) mass is 338 g/mol. The van der Waals surface area contributed by atoms with E-state index in [2.05, 4.69) is 10.2 Å². The smallest absolute Gasteiger partial charge is 0.240 e. The summed E-state index contributed by atoms with van der Waals surface area (Å²) < 4.78 is 5.27. The van der Waals surface area contributed by atoms with E-state index in [1.165, 1.54) is 6.42 Å². The standard InChI is InChI=1S/C17H30N4O3/c18-17(4-12-24-13-5-17)16(23)19-6-7-20-8-10-21(11-9-20)15(22)14-2-1-3-14/h14H,1-13,18H2,(H,19,23). The van der Waals surface area contributed by atoms with Crippen LogP contribution in [-0.4, -0.2) is 79.6 Å². The highest BCUT2D eigenvalue weighted by Gasteiger charge is 2.36. The molecule has 24 heavy (non-hydrogen) atoms. The lowest BCUT2D eigenvalue weighted by Gasteiger charge is -2.38. The lowest BCUT2D eigenvalue weighted by Crippen LogP contribution is -2.58. The first-order valence-electron chi connectivity index (χ1n) is 9.24. The van der Waals surface area contributed by atoms with Gasteiger partial charge in [0.15, 0.2) is 0 Å². The molecule has 0 bridgehead atoms. The summed E-state index contributed by atoms with van der Waals surface area (Å²) in [6.07, 6.45) is 4.50. The first kappa shape index (κ1) is 17.6. The van der Waals surface area contributed by atoms with Crippen molar-refractivity contribution in [1.82, 2.24) is 15.1 Å². The molecule has 0 radical (unpaired) electrons. The van der Waals surface area contributed by atoms with Crippen molar-refractivity contribution in [3.63, 3.8) is 0 Å². The van der Waals surface area contributed by atoms with Gasteiger partial charge >= 0.3 is 0 Å². The summed E-state index contributed by atoms with van der Waals surface area (Å²) in [5, 5.41) is 2.97. The van der Waals surface area contributed by atoms with Gasteiger partial charge in [-0.25, -0.2) is 0 Å². The zero-order valence-electron chi connectivity index (χ0n) is 14.5. The molecule has 3 fully saturated rings. The van der Waals surface area contributed by atoms with Crippen LogP contribution in [0.4, 0.5) is 0 Å². The van der Waals surface area contributed by atoms with Crippen molar-refractivity contribution in [2.75, 3.05) is 52.5 Å². The fraction of sp³-hybridized carbons (Fsp3) is 0.882. The molecule has 7 heteroatoms. The molecule has 0 aromatic rings. The Kier molecular flexibility index (Phi) is 5.73. The third-order valence-corrected chi connectivity index (χ3v) is 5.69. The highest BCUT2D eigenvalue weighted by molar-refractivity contribution is 5.86. The Balaban J connectivity index is 1.33. The van der Waals surface area contributed by atoms with Gasteiger partial charge in [-0.2, -0.15) is 0 Å². The molecule has 3 N–H and O–H groups in total. The average Bonchev–Trinajstić information content (AvgIpc) is 2.54. The van der Waals surface area contributed by atoms with Crippen molar-refractivity contribution in [1.29, 1.82) is 0 Å². The SMILES string of the molecule is NC1(C(=O)NCCN2CCN(C(=O)C3CCC3)CC2)CCOCC1. The minimum absolute atomic E-state index is 0.0652. The maximum absolute atomic E-state index is 12.3. The summed E-state index contributed by atoms with van der Waals surface area (Å²) >= 11 is 0. The Morgan fingerprint density at radius 1 is 1.12 bits per heavy atom. The van der Waals surface area contributed by atoms with Gasteiger partial charge in [0.05, 0.1) is 5.54 Å². The molecule has 2 aliphatic heterocycles. The Morgan fingerprint density at radius 3 is 2.38 bits per heavy atom. The van der Waals surface area contributed by atoms with E-state index in [4.69, 9.17) is 10.5 Å². The van der Waals surface area contributed by atoms with E-state index in [1.807, 2.05) is 4.90 Å². The zero-order valence-corrected chi connectivity index (χ0v) is 14.5. The molecule has 0 atom stereocenters. The predicted octanol–water partition coefficient (Wildman–Crippen LogP) is -0.445. The number of ether oxygens (including phenoxy) is 1. The summed E-state index contributed by atoms with van der Waals surface area (Å²) in [7, 11) is 0. The number of nitrogens with one attached hydrogen (secondary N) is 1. The lowest BCUT2D eigenvalue weighted by atomic mass is 9.84. The van der Waals surface area contributed by atoms with Crippen LogP contribution in [0.1, 0.15) is 32.1 Å². The van der Waals surface area contributed by atoms with E-state index in [-0.39, 0.29) is 11.8 Å². The van der Waals surface area contributed by atoms with Gasteiger partial charge in [-0.1, -0.05) is 6.42 Å². The number of nitrogens with two attached hydrogens (primary N) is 1. The zero-order chi connectivity index (χ0) is 17.0. The highest BCUT2D eigenvalue weighted by atomic mass is 16.5. The van der Waals surface area contributed by atoms with Gasteiger partial charge < -0.3 is 20.7 Å². The van der Waals surface area contributed by atoms with Gasteiger partial charge in [-0.05, 0) is 25.7 Å². The third kappa shape index (κ3) is 4.07. The number of nitrogens with zero attached hydrogens (tertiary/aromatic N) is 2. The molecule has 1 saturated carbocycles. The largest absolute Gasteiger partial charge is 0.381 e. The molecular formula is C17H30N4O3. The van der Waals surface area contributed by atoms with Crippen LogP contribution in [0, 0.1) is 5.92 Å². The second kappa shape index (κ2) is 7.80. The molecule has 0 unspecified atom stereocenters. The van der Waals surface area contributed by atoms with E-state index in [0.29, 0.717) is 38.5 Å². The third-order valence-electron chi connectivity index (χ3n) is 5.69. The predicted molar refractivity (Wildman–Crippen MR) is 90.3 cm³/mol. The van der Waals surface area contributed by atoms with Gasteiger partial charge in [-0.3, -0.25) is 14.5 Å². The first-order chi connectivity index (χ1) is 11.6. The quantitative estimate of drug-likeness (QED) is 0.709. The number of amides is 2. The van der Waals surface area contributed by atoms with Gasteiger partial charge in [0.2, 0.25) is 11.8 Å². The fourth-order valence-electron chi connectivity index (χ4n) is 3.57.